The average Bonchev–Trinajstić information content (AvgIpc) is 2.65. The summed E-state index contributed by atoms with van der Waals surface area (Å²) in [5.74, 6) is -2.26. The van der Waals surface area contributed by atoms with Gasteiger partial charge in [-0.2, -0.15) is 0 Å². The van der Waals surface area contributed by atoms with Crippen LogP contribution in [0.4, 0.5) is 0 Å². The lowest BCUT2D eigenvalue weighted by atomic mass is 9.70. The Kier molecular flexibility index (Phi) is 4.52. The SMILES string of the molecule is CC12CCC(C(=O)C1=O)C2(C)C.CCCC(=O)C(=O)O. The fraction of sp³-hybridized carbons (Fsp3) is 0.733. The molecule has 2 bridgehead atoms. The summed E-state index contributed by atoms with van der Waals surface area (Å²) in [5.41, 5.74) is -0.448. The summed E-state index contributed by atoms with van der Waals surface area (Å²) in [6.07, 6.45) is 2.56. The van der Waals surface area contributed by atoms with Crippen molar-refractivity contribution in [3.05, 3.63) is 0 Å². The predicted octanol–water partition coefficient (Wildman–Crippen LogP) is 2.02. The first-order valence-corrected chi connectivity index (χ1v) is 6.94. The van der Waals surface area contributed by atoms with E-state index in [0.29, 0.717) is 6.42 Å². The number of ketones is 3. The molecule has 0 spiro atoms. The van der Waals surface area contributed by atoms with Crippen molar-refractivity contribution in [1.82, 2.24) is 0 Å². The highest BCUT2D eigenvalue weighted by Crippen LogP contribution is 2.61. The van der Waals surface area contributed by atoms with Gasteiger partial charge in [0.2, 0.25) is 17.3 Å². The zero-order valence-electron chi connectivity index (χ0n) is 12.5. The first-order chi connectivity index (χ1) is 9.09. The fourth-order valence-corrected chi connectivity index (χ4v) is 3.13. The fourth-order valence-electron chi connectivity index (χ4n) is 3.13. The van der Waals surface area contributed by atoms with E-state index in [1.807, 2.05) is 20.8 Å². The molecule has 2 rings (SSSR count). The van der Waals surface area contributed by atoms with Crippen LogP contribution in [0.3, 0.4) is 0 Å². The predicted molar refractivity (Wildman–Crippen MR) is 72.2 cm³/mol. The maximum Gasteiger partial charge on any atom is 0.372 e. The lowest BCUT2D eigenvalue weighted by Gasteiger charge is -2.31. The Balaban J connectivity index is 0.000000221. The standard InChI is InChI=1S/C10H14O2.C5H8O3/c1-9(2)6-4-5-10(9,3)8(12)7(6)11;1-2-3-4(6)5(7)8/h6H,4-5H2,1-3H3;2-3H2,1H3,(H,7,8). The molecule has 0 aliphatic heterocycles. The molecule has 112 valence electrons. The molecule has 1 N–H and O–H groups in total. The molecule has 0 amide bonds. The second kappa shape index (κ2) is 5.46. The number of rotatable bonds is 3. The molecule has 0 saturated heterocycles. The molecule has 0 aromatic heterocycles. The Labute approximate surface area is 118 Å². The first kappa shape index (κ1) is 16.5. The zero-order chi connectivity index (χ0) is 15.7. The minimum atomic E-state index is -1.33. The summed E-state index contributed by atoms with van der Waals surface area (Å²) in [5, 5.41) is 7.96. The largest absolute Gasteiger partial charge is 0.476 e. The Hall–Kier alpha value is -1.52. The van der Waals surface area contributed by atoms with E-state index in [0.717, 1.165) is 12.8 Å². The van der Waals surface area contributed by atoms with Crippen molar-refractivity contribution in [2.24, 2.45) is 16.7 Å². The van der Waals surface area contributed by atoms with Gasteiger partial charge >= 0.3 is 5.97 Å². The van der Waals surface area contributed by atoms with Crippen LogP contribution in [0, 0.1) is 16.7 Å². The van der Waals surface area contributed by atoms with Crippen molar-refractivity contribution in [3.8, 4) is 0 Å². The average molecular weight is 282 g/mol. The summed E-state index contributed by atoms with van der Waals surface area (Å²) in [7, 11) is 0. The molecule has 2 atom stereocenters. The number of carboxylic acids is 1. The molecule has 20 heavy (non-hydrogen) atoms. The summed E-state index contributed by atoms with van der Waals surface area (Å²) in [6, 6.07) is 0. The van der Waals surface area contributed by atoms with Crippen LogP contribution >= 0.6 is 0 Å². The van der Waals surface area contributed by atoms with Gasteiger partial charge in [0, 0.05) is 17.8 Å². The van der Waals surface area contributed by atoms with E-state index in [1.165, 1.54) is 0 Å². The smallest absolute Gasteiger partial charge is 0.372 e. The molecule has 0 radical (unpaired) electrons. The van der Waals surface area contributed by atoms with Crippen molar-refractivity contribution in [2.75, 3.05) is 0 Å². The Bertz CT molecular complexity index is 463. The number of hydrogen-bond donors (Lipinski definition) is 1. The zero-order valence-corrected chi connectivity index (χ0v) is 12.5. The number of Topliss-reactive ketones (excluding diaryl/α,β-unsaturated/α-hetero) is 3. The molecule has 0 heterocycles. The lowest BCUT2D eigenvalue weighted by Crippen LogP contribution is -2.33. The monoisotopic (exact) mass is 282 g/mol. The highest BCUT2D eigenvalue weighted by molar-refractivity contribution is 6.43. The van der Waals surface area contributed by atoms with Crippen LogP contribution < -0.4 is 0 Å². The van der Waals surface area contributed by atoms with Gasteiger partial charge in [0.15, 0.2) is 0 Å². The van der Waals surface area contributed by atoms with Gasteiger partial charge in [-0.05, 0) is 24.7 Å². The van der Waals surface area contributed by atoms with Gasteiger partial charge in [0.1, 0.15) is 0 Å². The normalized spacial score (nSPS) is 29.9. The van der Waals surface area contributed by atoms with Gasteiger partial charge in [-0.1, -0.05) is 27.7 Å². The maximum absolute atomic E-state index is 11.6. The molecule has 2 unspecified atom stereocenters. The van der Waals surface area contributed by atoms with Gasteiger partial charge < -0.3 is 5.11 Å². The lowest BCUT2D eigenvalue weighted by molar-refractivity contribution is -0.149. The molecule has 2 aliphatic rings. The number of aliphatic carboxylic acids is 1. The van der Waals surface area contributed by atoms with Crippen molar-refractivity contribution in [2.45, 2.75) is 53.4 Å². The Morgan fingerprint density at radius 2 is 1.80 bits per heavy atom. The van der Waals surface area contributed by atoms with E-state index < -0.39 is 11.8 Å². The molecule has 0 aromatic carbocycles. The number of carbonyl (C=O) groups excluding carboxylic acids is 3. The Morgan fingerprint density at radius 1 is 1.25 bits per heavy atom. The first-order valence-electron chi connectivity index (χ1n) is 6.94. The van der Waals surface area contributed by atoms with E-state index in [2.05, 4.69) is 0 Å². The molecule has 0 aromatic rings. The van der Waals surface area contributed by atoms with Crippen LogP contribution in [-0.4, -0.2) is 28.4 Å². The molecular weight excluding hydrogens is 260 g/mol. The van der Waals surface area contributed by atoms with E-state index in [1.54, 1.807) is 6.92 Å². The van der Waals surface area contributed by atoms with Crippen LogP contribution in [0.25, 0.3) is 0 Å². The van der Waals surface area contributed by atoms with Gasteiger partial charge in [-0.3, -0.25) is 14.4 Å². The number of carboxylic acid groups (broad SMARTS) is 1. The number of hydrogen-bond acceptors (Lipinski definition) is 4. The molecular formula is C15H22O5. The topological polar surface area (TPSA) is 88.5 Å². The van der Waals surface area contributed by atoms with Crippen LogP contribution in [0.5, 0.6) is 0 Å². The van der Waals surface area contributed by atoms with Crippen LogP contribution in [-0.2, 0) is 19.2 Å². The number of carbonyl (C=O) groups is 4. The minimum Gasteiger partial charge on any atom is -0.476 e. The van der Waals surface area contributed by atoms with Crippen molar-refractivity contribution in [1.29, 1.82) is 0 Å². The second-order valence-electron chi connectivity index (χ2n) is 6.32. The molecule has 5 heteroatoms. The van der Waals surface area contributed by atoms with Crippen LogP contribution in [0.15, 0.2) is 0 Å². The van der Waals surface area contributed by atoms with Crippen LogP contribution in [0.1, 0.15) is 53.4 Å². The molecule has 2 saturated carbocycles. The third kappa shape index (κ3) is 2.41. The highest BCUT2D eigenvalue weighted by Gasteiger charge is 2.66. The van der Waals surface area contributed by atoms with Gasteiger partial charge in [-0.25, -0.2) is 4.79 Å². The quantitative estimate of drug-likeness (QED) is 0.800. The van der Waals surface area contributed by atoms with Gasteiger partial charge in [-0.15, -0.1) is 0 Å². The van der Waals surface area contributed by atoms with E-state index in [9.17, 15) is 19.2 Å². The van der Waals surface area contributed by atoms with E-state index >= 15 is 0 Å². The highest BCUT2D eigenvalue weighted by atomic mass is 16.4. The van der Waals surface area contributed by atoms with Crippen molar-refractivity contribution < 1.29 is 24.3 Å². The minimum absolute atomic E-state index is 0.00926. The molecule has 2 aliphatic carbocycles. The summed E-state index contributed by atoms with van der Waals surface area (Å²) >= 11 is 0. The van der Waals surface area contributed by atoms with Crippen molar-refractivity contribution >= 4 is 23.3 Å². The Morgan fingerprint density at radius 3 is 2.00 bits per heavy atom. The van der Waals surface area contributed by atoms with Crippen LogP contribution in [0.2, 0.25) is 0 Å². The van der Waals surface area contributed by atoms with Crippen molar-refractivity contribution in [3.63, 3.8) is 0 Å². The molecule has 5 nitrogen and oxygen atoms in total. The maximum atomic E-state index is 11.6. The number of fused-ring (bicyclic) bond motifs is 2. The van der Waals surface area contributed by atoms with E-state index in [4.69, 9.17) is 5.11 Å². The third-order valence-electron chi connectivity index (χ3n) is 4.98. The second-order valence-corrected chi connectivity index (χ2v) is 6.32. The van der Waals surface area contributed by atoms with Gasteiger partial charge in [0.25, 0.3) is 0 Å². The summed E-state index contributed by atoms with van der Waals surface area (Å²) < 4.78 is 0. The summed E-state index contributed by atoms with van der Waals surface area (Å²) in [6.45, 7) is 7.81. The van der Waals surface area contributed by atoms with Gasteiger partial charge in [0.05, 0.1) is 0 Å². The summed E-state index contributed by atoms with van der Waals surface area (Å²) in [4.78, 5) is 42.9. The third-order valence-corrected chi connectivity index (χ3v) is 4.98. The molecule has 2 fully saturated rings. The van der Waals surface area contributed by atoms with E-state index in [-0.39, 0.29) is 34.7 Å².